The van der Waals surface area contributed by atoms with Crippen LogP contribution in [0.15, 0.2) is 12.7 Å². The molecule has 10 nitrogen and oxygen atoms in total. The van der Waals surface area contributed by atoms with E-state index >= 15 is 0 Å². The first-order valence-electron chi connectivity index (χ1n) is 8.28. The number of rotatable bonds is 8. The van der Waals surface area contributed by atoms with Gasteiger partial charge in [-0.2, -0.15) is 0 Å². The van der Waals surface area contributed by atoms with Gasteiger partial charge in [-0.3, -0.25) is 19.2 Å². The largest absolute Gasteiger partial charge is 0.463 e. The highest BCUT2D eigenvalue weighted by molar-refractivity contribution is 5.73. The number of nitrogens with one attached hydrogen (secondary N) is 1. The molecule has 0 aromatic rings. The summed E-state index contributed by atoms with van der Waals surface area (Å²) in [5, 5.41) is 2.59. The quantitative estimate of drug-likeness (QED) is 0.343. The molecule has 1 saturated heterocycles. The molecule has 0 spiro atoms. The Bertz CT molecular complexity index is 577. The average molecular weight is 387 g/mol. The number of amides is 1. The van der Waals surface area contributed by atoms with Crippen LogP contribution in [0.25, 0.3) is 0 Å². The van der Waals surface area contributed by atoms with E-state index in [0.29, 0.717) is 0 Å². The van der Waals surface area contributed by atoms with Crippen LogP contribution in [0.2, 0.25) is 0 Å². The highest BCUT2D eigenvalue weighted by Gasteiger charge is 2.51. The van der Waals surface area contributed by atoms with E-state index in [0.717, 1.165) is 0 Å². The summed E-state index contributed by atoms with van der Waals surface area (Å²) in [7, 11) is 0. The van der Waals surface area contributed by atoms with Crippen molar-refractivity contribution in [2.75, 3.05) is 13.2 Å². The van der Waals surface area contributed by atoms with E-state index in [1.165, 1.54) is 33.8 Å². The zero-order chi connectivity index (χ0) is 20.6. The second-order valence-corrected chi connectivity index (χ2v) is 5.84. The van der Waals surface area contributed by atoms with Crippen LogP contribution in [0.4, 0.5) is 0 Å². The number of hydrogen-bond donors (Lipinski definition) is 1. The summed E-state index contributed by atoms with van der Waals surface area (Å²) in [6, 6.07) is -0.968. The van der Waals surface area contributed by atoms with Gasteiger partial charge in [0.25, 0.3) is 0 Å². The fourth-order valence-electron chi connectivity index (χ4n) is 2.60. The van der Waals surface area contributed by atoms with Crippen LogP contribution in [-0.4, -0.2) is 67.7 Å². The molecule has 1 aliphatic heterocycles. The van der Waals surface area contributed by atoms with Gasteiger partial charge in [0.1, 0.15) is 18.8 Å². The molecule has 5 atom stereocenters. The molecule has 0 aliphatic carbocycles. The molecule has 1 amide bonds. The van der Waals surface area contributed by atoms with E-state index in [1.54, 1.807) is 0 Å². The molecule has 2 unspecified atom stereocenters. The maximum absolute atomic E-state index is 11.6. The highest BCUT2D eigenvalue weighted by atomic mass is 16.7. The maximum atomic E-state index is 11.6. The highest BCUT2D eigenvalue weighted by Crippen LogP contribution is 2.27. The number of hydrogen-bond acceptors (Lipinski definition) is 9. The van der Waals surface area contributed by atoms with Crippen molar-refractivity contribution in [1.29, 1.82) is 0 Å². The molecule has 152 valence electrons. The van der Waals surface area contributed by atoms with Crippen molar-refractivity contribution in [3.8, 4) is 0 Å². The normalized spacial score (nSPS) is 27.2. The van der Waals surface area contributed by atoms with Crippen LogP contribution in [-0.2, 0) is 42.9 Å². The fraction of sp³-hybridized carbons (Fsp3) is 0.647. The summed E-state index contributed by atoms with van der Waals surface area (Å²) in [4.78, 5) is 46.0. The first-order valence-corrected chi connectivity index (χ1v) is 8.28. The number of ether oxygens (including phenoxy) is 5. The van der Waals surface area contributed by atoms with E-state index in [-0.39, 0.29) is 13.2 Å². The summed E-state index contributed by atoms with van der Waals surface area (Å²) in [5.41, 5.74) is 0. The molecular formula is C17H25NO9. The summed E-state index contributed by atoms with van der Waals surface area (Å²) >= 11 is 0. The summed E-state index contributed by atoms with van der Waals surface area (Å²) in [5.74, 6) is -2.34. The van der Waals surface area contributed by atoms with Crippen molar-refractivity contribution >= 4 is 23.8 Å². The number of esters is 3. The summed E-state index contributed by atoms with van der Waals surface area (Å²) in [6.07, 6.45) is -2.84. The van der Waals surface area contributed by atoms with E-state index in [4.69, 9.17) is 23.7 Å². The predicted molar refractivity (Wildman–Crippen MR) is 90.2 cm³/mol. The average Bonchev–Trinajstić information content (AvgIpc) is 2.54. The molecule has 1 heterocycles. The Kier molecular flexibility index (Phi) is 8.89. The Morgan fingerprint density at radius 2 is 1.59 bits per heavy atom. The second kappa shape index (κ2) is 10.6. The molecule has 1 rings (SSSR count). The minimum Gasteiger partial charge on any atom is -0.463 e. The van der Waals surface area contributed by atoms with Gasteiger partial charge in [0.15, 0.2) is 18.5 Å². The van der Waals surface area contributed by atoms with Crippen LogP contribution < -0.4 is 5.32 Å². The molecule has 0 aromatic heterocycles. The summed E-state index contributed by atoms with van der Waals surface area (Å²) in [6.45, 7) is 8.16. The van der Waals surface area contributed by atoms with E-state index < -0.39 is 54.5 Å². The van der Waals surface area contributed by atoms with Crippen LogP contribution in [0.1, 0.15) is 27.7 Å². The van der Waals surface area contributed by atoms with Gasteiger partial charge in [0.2, 0.25) is 5.91 Å². The topological polar surface area (TPSA) is 126 Å². The van der Waals surface area contributed by atoms with Crippen LogP contribution in [0.3, 0.4) is 0 Å². The van der Waals surface area contributed by atoms with Crippen molar-refractivity contribution < 1.29 is 42.9 Å². The first-order chi connectivity index (χ1) is 12.6. The molecule has 0 radical (unpaired) electrons. The zero-order valence-corrected chi connectivity index (χ0v) is 15.8. The maximum Gasteiger partial charge on any atom is 0.303 e. The third kappa shape index (κ3) is 7.35. The van der Waals surface area contributed by atoms with Gasteiger partial charge in [-0.25, -0.2) is 0 Å². The standard InChI is InChI=1S/C17H25NO9/c1-6-7-23-17-14(18-9(2)19)16(26-12(5)22)15(25-11(4)21)13(27-17)8-24-10(3)20/h6,13-17H,1,7-8H2,2-5H3,(H,18,19)/t13?,14?,15-,16+,17+/m0/s1. The third-order valence-corrected chi connectivity index (χ3v) is 3.45. The van der Waals surface area contributed by atoms with Crippen LogP contribution >= 0.6 is 0 Å². The minimum atomic E-state index is -1.13. The summed E-state index contributed by atoms with van der Waals surface area (Å²) < 4.78 is 26.8. The SMILES string of the molecule is C=CCO[C@@H]1OC(COC(C)=O)[C@H](OC(C)=O)[C@H](OC(C)=O)C1NC(C)=O. The molecule has 10 heteroatoms. The Morgan fingerprint density at radius 3 is 2.07 bits per heavy atom. The van der Waals surface area contributed by atoms with E-state index in [2.05, 4.69) is 11.9 Å². The van der Waals surface area contributed by atoms with E-state index in [9.17, 15) is 19.2 Å². The Labute approximate surface area is 157 Å². The second-order valence-electron chi connectivity index (χ2n) is 5.84. The Hall–Kier alpha value is -2.46. The molecule has 1 fully saturated rings. The lowest BCUT2D eigenvalue weighted by molar-refractivity contribution is -0.275. The lowest BCUT2D eigenvalue weighted by atomic mass is 9.96. The fourth-order valence-corrected chi connectivity index (χ4v) is 2.60. The predicted octanol–water partition coefficient (Wildman–Crippen LogP) is -0.155. The Morgan fingerprint density at radius 1 is 1.00 bits per heavy atom. The van der Waals surface area contributed by atoms with Crippen molar-refractivity contribution in [3.05, 3.63) is 12.7 Å². The monoisotopic (exact) mass is 387 g/mol. The van der Waals surface area contributed by atoms with Gasteiger partial charge in [0, 0.05) is 27.7 Å². The third-order valence-electron chi connectivity index (χ3n) is 3.45. The van der Waals surface area contributed by atoms with Crippen LogP contribution in [0.5, 0.6) is 0 Å². The molecule has 1 aliphatic rings. The number of carbonyl (C=O) groups is 4. The lowest BCUT2D eigenvalue weighted by Gasteiger charge is -2.44. The van der Waals surface area contributed by atoms with Crippen molar-refractivity contribution in [2.45, 2.75) is 58.3 Å². The zero-order valence-electron chi connectivity index (χ0n) is 15.8. The van der Waals surface area contributed by atoms with Gasteiger partial charge in [0.05, 0.1) is 6.61 Å². The lowest BCUT2D eigenvalue weighted by Crippen LogP contribution is -2.66. The van der Waals surface area contributed by atoms with Crippen LogP contribution in [0, 0.1) is 0 Å². The van der Waals surface area contributed by atoms with E-state index in [1.807, 2.05) is 0 Å². The molecule has 27 heavy (non-hydrogen) atoms. The molecule has 0 aromatic carbocycles. The number of carbonyl (C=O) groups excluding carboxylic acids is 4. The molecule has 1 N–H and O–H groups in total. The smallest absolute Gasteiger partial charge is 0.303 e. The van der Waals surface area contributed by atoms with Crippen molar-refractivity contribution in [1.82, 2.24) is 5.32 Å². The van der Waals surface area contributed by atoms with Gasteiger partial charge >= 0.3 is 17.9 Å². The van der Waals surface area contributed by atoms with Crippen molar-refractivity contribution in [3.63, 3.8) is 0 Å². The van der Waals surface area contributed by atoms with Gasteiger partial charge in [-0.1, -0.05) is 6.08 Å². The van der Waals surface area contributed by atoms with Gasteiger partial charge < -0.3 is 29.0 Å². The van der Waals surface area contributed by atoms with Gasteiger partial charge in [-0.05, 0) is 0 Å². The van der Waals surface area contributed by atoms with Gasteiger partial charge in [-0.15, -0.1) is 6.58 Å². The molecule has 0 bridgehead atoms. The Balaban J connectivity index is 3.24. The first kappa shape index (κ1) is 22.6. The van der Waals surface area contributed by atoms with Crippen molar-refractivity contribution in [2.24, 2.45) is 0 Å². The molecule has 0 saturated carbocycles. The minimum absolute atomic E-state index is 0.0755. The molecular weight excluding hydrogens is 362 g/mol.